The maximum atomic E-state index is 13.0. The zero-order chi connectivity index (χ0) is 14.4. The van der Waals surface area contributed by atoms with Crippen LogP contribution in [0.15, 0.2) is 24.3 Å². The molecule has 0 unspecified atom stereocenters. The van der Waals surface area contributed by atoms with Gasteiger partial charge in [0.15, 0.2) is 0 Å². The molecule has 2 N–H and O–H groups in total. The molecule has 4 heteroatoms. The fourth-order valence-electron chi connectivity index (χ4n) is 2.19. The molecule has 19 heavy (non-hydrogen) atoms. The second kappa shape index (κ2) is 7.12. The molecule has 0 bridgehead atoms. The van der Waals surface area contributed by atoms with Crippen molar-refractivity contribution in [3.8, 4) is 0 Å². The van der Waals surface area contributed by atoms with Gasteiger partial charge in [-0.15, -0.1) is 0 Å². The van der Waals surface area contributed by atoms with Crippen LogP contribution < -0.4 is 10.6 Å². The van der Waals surface area contributed by atoms with E-state index in [1.54, 1.807) is 12.1 Å². The smallest absolute Gasteiger partial charge is 0.319 e. The summed E-state index contributed by atoms with van der Waals surface area (Å²) in [5.41, 5.74) is 0.461. The highest BCUT2D eigenvalue weighted by Gasteiger charge is 2.18. The summed E-state index contributed by atoms with van der Waals surface area (Å²) in [5, 5.41) is 5.47. The monoisotopic (exact) mass is 266 g/mol. The molecule has 0 aliphatic heterocycles. The summed E-state index contributed by atoms with van der Waals surface area (Å²) >= 11 is 0. The first-order chi connectivity index (χ1) is 8.90. The average molecular weight is 266 g/mol. The SMILES string of the molecule is CC(C)C(CNC(=O)Nc1cccc(F)c1)C(C)C. The summed E-state index contributed by atoms with van der Waals surface area (Å²) < 4.78 is 13.0. The molecule has 3 nitrogen and oxygen atoms in total. The first kappa shape index (κ1) is 15.5. The van der Waals surface area contributed by atoms with Gasteiger partial charge in [-0.1, -0.05) is 33.8 Å². The number of amides is 2. The lowest BCUT2D eigenvalue weighted by Crippen LogP contribution is -2.36. The van der Waals surface area contributed by atoms with Gasteiger partial charge in [0.05, 0.1) is 0 Å². The van der Waals surface area contributed by atoms with Crippen LogP contribution in [0.4, 0.5) is 14.9 Å². The van der Waals surface area contributed by atoms with Gasteiger partial charge in [0.25, 0.3) is 0 Å². The maximum absolute atomic E-state index is 13.0. The molecule has 1 aromatic rings. The Morgan fingerprint density at radius 3 is 2.37 bits per heavy atom. The molecular weight excluding hydrogens is 243 g/mol. The Bertz CT molecular complexity index is 410. The number of rotatable bonds is 5. The highest BCUT2D eigenvalue weighted by Crippen LogP contribution is 2.19. The van der Waals surface area contributed by atoms with Crippen LogP contribution in [0.1, 0.15) is 27.7 Å². The molecule has 0 fully saturated rings. The second-order valence-electron chi connectivity index (χ2n) is 5.50. The third kappa shape index (κ3) is 5.28. The highest BCUT2D eigenvalue weighted by atomic mass is 19.1. The Labute approximate surface area is 114 Å². The summed E-state index contributed by atoms with van der Waals surface area (Å²) in [6, 6.07) is 5.57. The number of halogens is 1. The molecule has 2 amide bonds. The Morgan fingerprint density at radius 2 is 1.84 bits per heavy atom. The van der Waals surface area contributed by atoms with Crippen LogP contribution in [0, 0.1) is 23.6 Å². The topological polar surface area (TPSA) is 41.1 Å². The number of nitrogens with one attached hydrogen (secondary N) is 2. The Balaban J connectivity index is 2.47. The predicted molar refractivity (Wildman–Crippen MR) is 76.6 cm³/mol. The normalized spacial score (nSPS) is 11.2. The van der Waals surface area contributed by atoms with E-state index in [0.29, 0.717) is 30.0 Å². The third-order valence-electron chi connectivity index (χ3n) is 3.29. The number of hydrogen-bond acceptors (Lipinski definition) is 1. The fourth-order valence-corrected chi connectivity index (χ4v) is 2.19. The number of hydrogen-bond donors (Lipinski definition) is 2. The Hall–Kier alpha value is -1.58. The highest BCUT2D eigenvalue weighted by molar-refractivity contribution is 5.89. The molecule has 0 aliphatic rings. The summed E-state index contributed by atoms with van der Waals surface area (Å²) in [6.07, 6.45) is 0. The van der Waals surface area contributed by atoms with Gasteiger partial charge in [-0.2, -0.15) is 0 Å². The predicted octanol–water partition coefficient (Wildman–Crippen LogP) is 3.88. The molecule has 0 aromatic heterocycles. The van der Waals surface area contributed by atoms with E-state index in [0.717, 1.165) is 0 Å². The first-order valence-electron chi connectivity index (χ1n) is 6.70. The second-order valence-corrected chi connectivity index (χ2v) is 5.50. The van der Waals surface area contributed by atoms with Crippen LogP contribution in [-0.4, -0.2) is 12.6 Å². The zero-order valence-corrected chi connectivity index (χ0v) is 12.0. The summed E-state index contributed by atoms with van der Waals surface area (Å²) in [4.78, 5) is 11.7. The van der Waals surface area contributed by atoms with E-state index >= 15 is 0 Å². The van der Waals surface area contributed by atoms with Crippen molar-refractivity contribution in [3.05, 3.63) is 30.1 Å². The number of benzene rings is 1. The van der Waals surface area contributed by atoms with Gasteiger partial charge in [-0.3, -0.25) is 0 Å². The third-order valence-corrected chi connectivity index (χ3v) is 3.29. The van der Waals surface area contributed by atoms with Crippen molar-refractivity contribution in [1.82, 2.24) is 5.32 Å². The minimum Gasteiger partial charge on any atom is -0.338 e. The molecule has 106 valence electrons. The lowest BCUT2D eigenvalue weighted by atomic mass is 9.85. The van der Waals surface area contributed by atoms with Crippen molar-refractivity contribution in [2.24, 2.45) is 17.8 Å². The molecule has 0 aliphatic carbocycles. The maximum Gasteiger partial charge on any atom is 0.319 e. The number of anilines is 1. The zero-order valence-electron chi connectivity index (χ0n) is 12.0. The molecule has 0 radical (unpaired) electrons. The van der Waals surface area contributed by atoms with E-state index < -0.39 is 0 Å². The van der Waals surface area contributed by atoms with Gasteiger partial charge in [0, 0.05) is 12.2 Å². The van der Waals surface area contributed by atoms with Crippen molar-refractivity contribution >= 4 is 11.7 Å². The van der Waals surface area contributed by atoms with Crippen LogP contribution >= 0.6 is 0 Å². The molecule has 0 heterocycles. The lowest BCUT2D eigenvalue weighted by molar-refractivity contribution is 0.239. The molecule has 1 rings (SSSR count). The largest absolute Gasteiger partial charge is 0.338 e. The standard InChI is InChI=1S/C15H23FN2O/c1-10(2)14(11(3)4)9-17-15(19)18-13-7-5-6-12(16)8-13/h5-8,10-11,14H,9H2,1-4H3,(H2,17,18,19). The van der Waals surface area contributed by atoms with Crippen molar-refractivity contribution in [2.45, 2.75) is 27.7 Å². The Morgan fingerprint density at radius 1 is 1.21 bits per heavy atom. The van der Waals surface area contributed by atoms with Crippen molar-refractivity contribution in [1.29, 1.82) is 0 Å². The summed E-state index contributed by atoms with van der Waals surface area (Å²) in [6.45, 7) is 9.22. The number of urea groups is 1. The molecule has 0 saturated carbocycles. The first-order valence-corrected chi connectivity index (χ1v) is 6.70. The van der Waals surface area contributed by atoms with Gasteiger partial charge < -0.3 is 10.6 Å². The van der Waals surface area contributed by atoms with E-state index in [2.05, 4.69) is 38.3 Å². The van der Waals surface area contributed by atoms with Gasteiger partial charge >= 0.3 is 6.03 Å². The van der Waals surface area contributed by atoms with E-state index in [9.17, 15) is 9.18 Å². The van der Waals surface area contributed by atoms with Gasteiger partial charge in [-0.25, -0.2) is 9.18 Å². The number of carbonyl (C=O) groups is 1. The van der Waals surface area contributed by atoms with Gasteiger partial charge in [0.2, 0.25) is 0 Å². The molecular formula is C15H23FN2O. The molecule has 0 atom stereocenters. The van der Waals surface area contributed by atoms with Crippen molar-refractivity contribution in [2.75, 3.05) is 11.9 Å². The fraction of sp³-hybridized carbons (Fsp3) is 0.533. The van der Waals surface area contributed by atoms with Crippen molar-refractivity contribution in [3.63, 3.8) is 0 Å². The van der Waals surface area contributed by atoms with Crippen LogP contribution in [0.25, 0.3) is 0 Å². The van der Waals surface area contributed by atoms with E-state index in [1.165, 1.54) is 12.1 Å². The minimum absolute atomic E-state index is 0.295. The minimum atomic E-state index is -0.361. The Kier molecular flexibility index (Phi) is 5.80. The molecule has 0 saturated heterocycles. The van der Waals surface area contributed by atoms with E-state index in [4.69, 9.17) is 0 Å². The van der Waals surface area contributed by atoms with Crippen LogP contribution in [0.3, 0.4) is 0 Å². The quantitative estimate of drug-likeness (QED) is 0.834. The molecule has 0 spiro atoms. The molecule has 1 aromatic carbocycles. The average Bonchev–Trinajstić information content (AvgIpc) is 2.27. The van der Waals surface area contributed by atoms with Crippen LogP contribution in [0.2, 0.25) is 0 Å². The van der Waals surface area contributed by atoms with E-state index in [-0.39, 0.29) is 11.8 Å². The number of carbonyl (C=O) groups excluding carboxylic acids is 1. The summed E-state index contributed by atoms with van der Waals surface area (Å²) in [5.74, 6) is 1.09. The van der Waals surface area contributed by atoms with Gasteiger partial charge in [0.1, 0.15) is 5.82 Å². The van der Waals surface area contributed by atoms with Crippen molar-refractivity contribution < 1.29 is 9.18 Å². The van der Waals surface area contributed by atoms with E-state index in [1.807, 2.05) is 0 Å². The van der Waals surface area contributed by atoms with Crippen LogP contribution in [0.5, 0.6) is 0 Å². The summed E-state index contributed by atoms with van der Waals surface area (Å²) in [7, 11) is 0. The van der Waals surface area contributed by atoms with Crippen LogP contribution in [-0.2, 0) is 0 Å². The lowest BCUT2D eigenvalue weighted by Gasteiger charge is -2.25. The van der Waals surface area contributed by atoms with Gasteiger partial charge in [-0.05, 0) is 36.0 Å².